The van der Waals surface area contributed by atoms with Crippen molar-refractivity contribution in [2.45, 2.75) is 18.5 Å². The fraction of sp³-hybridized carbons (Fsp3) is 0.125. The van der Waals surface area contributed by atoms with E-state index in [0.29, 0.717) is 13.0 Å². The summed E-state index contributed by atoms with van der Waals surface area (Å²) in [6, 6.07) is 21.7. The molecule has 0 aliphatic rings. The standard InChI is InChI=1S/C24H22N4O/c25-23(29)24(15-19-5-4-12-27-16-19,28-17-18-10-13-26-14-11-18)22-9-3-7-20-6-1-2-8-21(20)22/h1-14,16,28H,15,17H2,(H2,25,29). The van der Waals surface area contributed by atoms with Gasteiger partial charge in [0.2, 0.25) is 5.91 Å². The highest BCUT2D eigenvalue weighted by molar-refractivity contribution is 5.95. The van der Waals surface area contributed by atoms with Gasteiger partial charge < -0.3 is 5.73 Å². The van der Waals surface area contributed by atoms with Gasteiger partial charge in [0.25, 0.3) is 0 Å². The second kappa shape index (κ2) is 8.20. The molecule has 2 aromatic heterocycles. The zero-order chi connectivity index (χ0) is 20.1. The van der Waals surface area contributed by atoms with Crippen molar-refractivity contribution in [1.29, 1.82) is 0 Å². The number of primary amides is 1. The number of nitrogens with two attached hydrogens (primary N) is 1. The molecule has 0 fully saturated rings. The van der Waals surface area contributed by atoms with Crippen molar-refractivity contribution in [1.82, 2.24) is 15.3 Å². The number of amides is 1. The summed E-state index contributed by atoms with van der Waals surface area (Å²) >= 11 is 0. The number of benzene rings is 2. The first-order valence-electron chi connectivity index (χ1n) is 9.50. The molecule has 1 atom stereocenters. The van der Waals surface area contributed by atoms with Crippen LogP contribution in [0.1, 0.15) is 16.7 Å². The van der Waals surface area contributed by atoms with Gasteiger partial charge in [0.1, 0.15) is 5.54 Å². The van der Waals surface area contributed by atoms with E-state index in [2.05, 4.69) is 15.3 Å². The lowest BCUT2D eigenvalue weighted by molar-refractivity contribution is -0.124. The summed E-state index contributed by atoms with van der Waals surface area (Å²) in [5.74, 6) is -0.424. The van der Waals surface area contributed by atoms with Crippen molar-refractivity contribution in [3.05, 3.63) is 108 Å². The molecule has 2 heterocycles. The summed E-state index contributed by atoms with van der Waals surface area (Å²) in [6.45, 7) is 0.481. The van der Waals surface area contributed by atoms with Crippen LogP contribution in [0.5, 0.6) is 0 Å². The Bertz CT molecular complexity index is 1110. The molecule has 144 valence electrons. The van der Waals surface area contributed by atoms with Crippen molar-refractivity contribution in [2.75, 3.05) is 0 Å². The highest BCUT2D eigenvalue weighted by Crippen LogP contribution is 2.32. The minimum Gasteiger partial charge on any atom is -0.368 e. The molecule has 3 N–H and O–H groups in total. The van der Waals surface area contributed by atoms with Gasteiger partial charge in [0.15, 0.2) is 0 Å². The van der Waals surface area contributed by atoms with Crippen molar-refractivity contribution < 1.29 is 4.79 Å². The summed E-state index contributed by atoms with van der Waals surface area (Å²) in [4.78, 5) is 21.3. The fourth-order valence-electron chi connectivity index (χ4n) is 3.72. The number of aromatic nitrogens is 2. The molecule has 0 radical (unpaired) electrons. The highest BCUT2D eigenvalue weighted by atomic mass is 16.1. The zero-order valence-corrected chi connectivity index (χ0v) is 16.0. The molecule has 0 saturated heterocycles. The van der Waals surface area contributed by atoms with Crippen LogP contribution in [0.2, 0.25) is 0 Å². The largest absolute Gasteiger partial charge is 0.368 e. The zero-order valence-electron chi connectivity index (χ0n) is 16.0. The molecule has 1 amide bonds. The number of rotatable bonds is 7. The second-order valence-electron chi connectivity index (χ2n) is 7.04. The Kier molecular flexibility index (Phi) is 5.31. The minimum atomic E-state index is -1.09. The first-order chi connectivity index (χ1) is 14.2. The Hall–Kier alpha value is -3.57. The van der Waals surface area contributed by atoms with Gasteiger partial charge in [-0.15, -0.1) is 0 Å². The van der Waals surface area contributed by atoms with Gasteiger partial charge >= 0.3 is 0 Å². The fourth-order valence-corrected chi connectivity index (χ4v) is 3.72. The van der Waals surface area contributed by atoms with Crippen LogP contribution in [-0.4, -0.2) is 15.9 Å². The van der Waals surface area contributed by atoms with Crippen LogP contribution >= 0.6 is 0 Å². The van der Waals surface area contributed by atoms with E-state index in [9.17, 15) is 4.79 Å². The monoisotopic (exact) mass is 382 g/mol. The van der Waals surface area contributed by atoms with Crippen molar-refractivity contribution >= 4 is 16.7 Å². The number of fused-ring (bicyclic) bond motifs is 1. The predicted octanol–water partition coefficient (Wildman–Crippen LogP) is 3.34. The SMILES string of the molecule is NC(=O)C(Cc1cccnc1)(NCc1ccncc1)c1cccc2ccccc12. The number of nitrogens with one attached hydrogen (secondary N) is 1. The Morgan fingerprint density at radius 2 is 1.66 bits per heavy atom. The molecule has 2 aromatic carbocycles. The van der Waals surface area contributed by atoms with E-state index < -0.39 is 11.4 Å². The molecule has 0 spiro atoms. The molecule has 5 heteroatoms. The van der Waals surface area contributed by atoms with E-state index >= 15 is 0 Å². The lowest BCUT2D eigenvalue weighted by Crippen LogP contribution is -2.54. The average Bonchev–Trinajstić information content (AvgIpc) is 2.77. The molecule has 0 saturated carbocycles. The third-order valence-electron chi connectivity index (χ3n) is 5.21. The Morgan fingerprint density at radius 1 is 0.862 bits per heavy atom. The van der Waals surface area contributed by atoms with Crippen LogP contribution in [0.15, 0.2) is 91.5 Å². The number of nitrogens with zero attached hydrogens (tertiary/aromatic N) is 2. The summed E-state index contributed by atoms with van der Waals surface area (Å²) < 4.78 is 0. The van der Waals surface area contributed by atoms with Crippen molar-refractivity contribution in [3.63, 3.8) is 0 Å². The first kappa shape index (κ1) is 18.8. The van der Waals surface area contributed by atoms with E-state index in [1.807, 2.05) is 66.7 Å². The molecule has 4 aromatic rings. The quantitative estimate of drug-likeness (QED) is 0.514. The third-order valence-corrected chi connectivity index (χ3v) is 5.21. The van der Waals surface area contributed by atoms with Gasteiger partial charge in [0, 0.05) is 37.8 Å². The maximum Gasteiger partial charge on any atom is 0.242 e. The van der Waals surface area contributed by atoms with Gasteiger partial charge in [-0.1, -0.05) is 48.5 Å². The summed E-state index contributed by atoms with van der Waals surface area (Å²) in [7, 11) is 0. The van der Waals surface area contributed by atoms with Crippen LogP contribution in [0.3, 0.4) is 0 Å². The highest BCUT2D eigenvalue weighted by Gasteiger charge is 2.39. The van der Waals surface area contributed by atoms with Crippen molar-refractivity contribution in [2.24, 2.45) is 5.73 Å². The van der Waals surface area contributed by atoms with E-state index in [1.54, 1.807) is 24.8 Å². The molecule has 0 aliphatic heterocycles. The van der Waals surface area contributed by atoms with Crippen LogP contribution in [0.4, 0.5) is 0 Å². The predicted molar refractivity (Wildman–Crippen MR) is 114 cm³/mol. The maximum atomic E-state index is 13.0. The van der Waals surface area contributed by atoms with Gasteiger partial charge in [-0.05, 0) is 45.7 Å². The average molecular weight is 382 g/mol. The van der Waals surface area contributed by atoms with E-state index in [0.717, 1.165) is 27.5 Å². The topological polar surface area (TPSA) is 80.9 Å². The number of pyridine rings is 2. The summed E-state index contributed by atoms with van der Waals surface area (Å²) in [5.41, 5.74) is 7.80. The van der Waals surface area contributed by atoms with Crippen LogP contribution in [0.25, 0.3) is 10.8 Å². The molecule has 29 heavy (non-hydrogen) atoms. The first-order valence-corrected chi connectivity index (χ1v) is 9.50. The van der Waals surface area contributed by atoms with E-state index in [4.69, 9.17) is 5.73 Å². The van der Waals surface area contributed by atoms with E-state index in [1.165, 1.54) is 0 Å². The van der Waals surface area contributed by atoms with Gasteiger partial charge in [-0.3, -0.25) is 20.1 Å². The van der Waals surface area contributed by atoms with Crippen LogP contribution < -0.4 is 11.1 Å². The van der Waals surface area contributed by atoms with Gasteiger partial charge in [-0.2, -0.15) is 0 Å². The Balaban J connectivity index is 1.85. The molecular formula is C24H22N4O. The molecule has 4 rings (SSSR count). The number of carbonyl (C=O) groups excluding carboxylic acids is 1. The number of hydrogen-bond acceptors (Lipinski definition) is 4. The number of carbonyl (C=O) groups is 1. The minimum absolute atomic E-state index is 0.398. The number of hydrogen-bond donors (Lipinski definition) is 2. The lowest BCUT2D eigenvalue weighted by atomic mass is 9.80. The van der Waals surface area contributed by atoms with Crippen molar-refractivity contribution in [3.8, 4) is 0 Å². The van der Waals surface area contributed by atoms with Gasteiger partial charge in [-0.25, -0.2) is 0 Å². The Labute approximate surface area is 169 Å². The molecule has 0 aliphatic carbocycles. The molecule has 0 bridgehead atoms. The Morgan fingerprint density at radius 3 is 2.41 bits per heavy atom. The molecule has 1 unspecified atom stereocenters. The summed E-state index contributed by atoms with van der Waals surface area (Å²) in [6.07, 6.45) is 7.37. The third kappa shape index (κ3) is 3.86. The van der Waals surface area contributed by atoms with Crippen LogP contribution in [-0.2, 0) is 23.3 Å². The smallest absolute Gasteiger partial charge is 0.242 e. The normalized spacial score (nSPS) is 13.1. The van der Waals surface area contributed by atoms with Gasteiger partial charge in [0.05, 0.1) is 0 Å². The van der Waals surface area contributed by atoms with E-state index in [-0.39, 0.29) is 0 Å². The second-order valence-corrected chi connectivity index (χ2v) is 7.04. The molecule has 5 nitrogen and oxygen atoms in total. The lowest BCUT2D eigenvalue weighted by Gasteiger charge is -2.34. The summed E-state index contributed by atoms with van der Waals surface area (Å²) in [5, 5.41) is 5.54. The van der Waals surface area contributed by atoms with Crippen LogP contribution in [0, 0.1) is 0 Å². The molecular weight excluding hydrogens is 360 g/mol. The maximum absolute atomic E-state index is 13.0.